The number of nitrogens with zero attached hydrogens (tertiary/aromatic N) is 1. The lowest BCUT2D eigenvalue weighted by atomic mass is 10.1. The molecule has 0 bridgehead atoms. The molecule has 0 fully saturated rings. The molecule has 12 heavy (non-hydrogen) atoms. The van der Waals surface area contributed by atoms with Crippen LogP contribution in [0.2, 0.25) is 0 Å². The third kappa shape index (κ3) is 5.70. The van der Waals surface area contributed by atoms with Gasteiger partial charge in [0.1, 0.15) is 5.60 Å². The second kappa shape index (κ2) is 4.09. The molecule has 0 unspecified atom stereocenters. The highest BCUT2D eigenvalue weighted by Gasteiger charge is 2.23. The molecule has 0 aliphatic heterocycles. The minimum absolute atomic E-state index is 0.0518. The molecule has 0 amide bonds. The predicted octanol–water partition coefficient (Wildman–Crippen LogP) is 1.65. The minimum Gasteiger partial charge on any atom is -0.481 e. The molecule has 4 heteroatoms. The van der Waals surface area contributed by atoms with Crippen LogP contribution in [0.25, 0.3) is 0 Å². The fourth-order valence-corrected chi connectivity index (χ4v) is 0.611. The van der Waals surface area contributed by atoms with Gasteiger partial charge in [0.05, 0.1) is 12.1 Å². The van der Waals surface area contributed by atoms with Gasteiger partial charge in [0.2, 0.25) is 0 Å². The zero-order valence-electron chi connectivity index (χ0n) is 7.92. The first-order chi connectivity index (χ1) is 5.33. The van der Waals surface area contributed by atoms with Crippen molar-refractivity contribution in [2.75, 3.05) is 0 Å². The van der Waals surface area contributed by atoms with Crippen LogP contribution in [0.1, 0.15) is 34.1 Å². The van der Waals surface area contributed by atoms with E-state index in [0.717, 1.165) is 5.71 Å². The summed E-state index contributed by atoms with van der Waals surface area (Å²) in [5, 5.41) is 12.2. The van der Waals surface area contributed by atoms with Crippen molar-refractivity contribution in [2.24, 2.45) is 5.16 Å². The molecule has 0 saturated heterocycles. The average Bonchev–Trinajstić information content (AvgIpc) is 1.81. The van der Waals surface area contributed by atoms with Crippen molar-refractivity contribution in [2.45, 2.75) is 39.7 Å². The van der Waals surface area contributed by atoms with Gasteiger partial charge >= 0.3 is 5.97 Å². The van der Waals surface area contributed by atoms with Gasteiger partial charge in [-0.05, 0) is 27.7 Å². The number of hydrogen-bond donors (Lipinski definition) is 1. The van der Waals surface area contributed by atoms with Crippen molar-refractivity contribution in [3.05, 3.63) is 0 Å². The fraction of sp³-hybridized carbons (Fsp3) is 0.750. The van der Waals surface area contributed by atoms with Gasteiger partial charge < -0.3 is 9.94 Å². The molecule has 0 aromatic rings. The first kappa shape index (κ1) is 10.9. The number of oxime groups is 1. The molecule has 70 valence electrons. The molecule has 0 radical (unpaired) electrons. The second-order valence-corrected chi connectivity index (χ2v) is 3.46. The zero-order chi connectivity index (χ0) is 9.78. The summed E-state index contributed by atoms with van der Waals surface area (Å²) >= 11 is 0. The highest BCUT2D eigenvalue weighted by atomic mass is 16.6. The third-order valence-corrected chi connectivity index (χ3v) is 1.05. The number of rotatable bonds is 4. The lowest BCUT2D eigenvalue weighted by molar-refractivity contribution is -0.143. The van der Waals surface area contributed by atoms with Crippen molar-refractivity contribution in [3.63, 3.8) is 0 Å². The van der Waals surface area contributed by atoms with Crippen molar-refractivity contribution >= 4 is 11.7 Å². The lowest BCUT2D eigenvalue weighted by Crippen LogP contribution is -2.26. The molecule has 0 saturated carbocycles. The molecule has 0 aliphatic rings. The largest absolute Gasteiger partial charge is 0.481 e. The Labute approximate surface area is 72.2 Å². The summed E-state index contributed by atoms with van der Waals surface area (Å²) in [6, 6.07) is 0. The van der Waals surface area contributed by atoms with Gasteiger partial charge in [0.15, 0.2) is 0 Å². The van der Waals surface area contributed by atoms with E-state index in [1.165, 1.54) is 0 Å². The van der Waals surface area contributed by atoms with Crippen LogP contribution in [0.3, 0.4) is 0 Å². The van der Waals surface area contributed by atoms with E-state index in [0.29, 0.717) is 0 Å². The molecule has 0 rings (SSSR count). The Bertz CT molecular complexity index is 192. The minimum atomic E-state index is -0.885. The maximum Gasteiger partial charge on any atom is 0.307 e. The predicted molar refractivity (Wildman–Crippen MR) is 46.2 cm³/mol. The van der Waals surface area contributed by atoms with Crippen LogP contribution in [0.15, 0.2) is 5.16 Å². The van der Waals surface area contributed by atoms with Crippen LogP contribution in [-0.2, 0) is 9.63 Å². The van der Waals surface area contributed by atoms with Crippen LogP contribution < -0.4 is 0 Å². The Morgan fingerprint density at radius 1 is 1.50 bits per heavy atom. The number of carbonyl (C=O) groups is 1. The maximum atomic E-state index is 10.3. The number of carboxylic acids is 1. The summed E-state index contributed by atoms with van der Waals surface area (Å²) in [6.45, 7) is 6.95. The summed E-state index contributed by atoms with van der Waals surface area (Å²) in [7, 11) is 0. The van der Waals surface area contributed by atoms with E-state index in [1.807, 2.05) is 0 Å². The quantitative estimate of drug-likeness (QED) is 0.519. The molecule has 0 spiro atoms. The van der Waals surface area contributed by atoms with Gasteiger partial charge in [0.25, 0.3) is 0 Å². The third-order valence-electron chi connectivity index (χ3n) is 1.05. The Morgan fingerprint density at radius 2 is 2.00 bits per heavy atom. The topological polar surface area (TPSA) is 58.9 Å². The Kier molecular flexibility index (Phi) is 3.73. The van der Waals surface area contributed by atoms with Gasteiger partial charge in [-0.2, -0.15) is 0 Å². The first-order valence-electron chi connectivity index (χ1n) is 3.75. The standard InChI is InChI=1S/C8H15NO3/c1-6(2)9-12-8(3,4)5-7(10)11/h5H2,1-4H3,(H,10,11). The van der Waals surface area contributed by atoms with Crippen LogP contribution in [0.4, 0.5) is 0 Å². The van der Waals surface area contributed by atoms with Crippen molar-refractivity contribution in [1.82, 2.24) is 0 Å². The molecule has 0 aromatic carbocycles. The van der Waals surface area contributed by atoms with E-state index < -0.39 is 11.6 Å². The fourth-order valence-electron chi connectivity index (χ4n) is 0.611. The molecule has 0 atom stereocenters. The molecular formula is C8H15NO3. The van der Waals surface area contributed by atoms with Crippen LogP contribution in [-0.4, -0.2) is 22.4 Å². The maximum absolute atomic E-state index is 10.3. The SMILES string of the molecule is CC(C)=NOC(C)(C)CC(=O)O. The monoisotopic (exact) mass is 173 g/mol. The van der Waals surface area contributed by atoms with Crippen molar-refractivity contribution < 1.29 is 14.7 Å². The van der Waals surface area contributed by atoms with E-state index in [-0.39, 0.29) is 6.42 Å². The molecule has 0 heterocycles. The number of hydrogen-bond acceptors (Lipinski definition) is 3. The van der Waals surface area contributed by atoms with E-state index in [9.17, 15) is 4.79 Å². The Balaban J connectivity index is 4.04. The normalized spacial score (nSPS) is 10.7. The first-order valence-corrected chi connectivity index (χ1v) is 3.75. The molecule has 0 aliphatic carbocycles. The van der Waals surface area contributed by atoms with Gasteiger partial charge in [-0.15, -0.1) is 0 Å². The summed E-state index contributed by atoms with van der Waals surface area (Å²) in [4.78, 5) is 15.3. The number of aliphatic carboxylic acids is 1. The summed E-state index contributed by atoms with van der Waals surface area (Å²) < 4.78 is 0. The Morgan fingerprint density at radius 3 is 2.33 bits per heavy atom. The van der Waals surface area contributed by atoms with Crippen LogP contribution in [0.5, 0.6) is 0 Å². The van der Waals surface area contributed by atoms with Crippen molar-refractivity contribution in [3.8, 4) is 0 Å². The summed E-state index contributed by atoms with van der Waals surface area (Å²) in [6.07, 6.45) is -0.0518. The smallest absolute Gasteiger partial charge is 0.307 e. The van der Waals surface area contributed by atoms with E-state index in [4.69, 9.17) is 9.94 Å². The highest BCUT2D eigenvalue weighted by Crippen LogP contribution is 2.14. The Hall–Kier alpha value is -1.06. The highest BCUT2D eigenvalue weighted by molar-refractivity contribution is 5.78. The lowest BCUT2D eigenvalue weighted by Gasteiger charge is -2.19. The molecule has 4 nitrogen and oxygen atoms in total. The average molecular weight is 173 g/mol. The second-order valence-electron chi connectivity index (χ2n) is 3.46. The number of carboxylic acid groups (broad SMARTS) is 1. The van der Waals surface area contributed by atoms with Crippen LogP contribution >= 0.6 is 0 Å². The van der Waals surface area contributed by atoms with Gasteiger partial charge in [-0.3, -0.25) is 4.79 Å². The molecule has 1 N–H and O–H groups in total. The molecular weight excluding hydrogens is 158 g/mol. The van der Waals surface area contributed by atoms with E-state index in [1.54, 1.807) is 27.7 Å². The van der Waals surface area contributed by atoms with Gasteiger partial charge in [0, 0.05) is 0 Å². The van der Waals surface area contributed by atoms with Crippen molar-refractivity contribution in [1.29, 1.82) is 0 Å². The summed E-state index contributed by atoms with van der Waals surface area (Å²) in [5.74, 6) is -0.885. The van der Waals surface area contributed by atoms with Crippen LogP contribution in [0, 0.1) is 0 Å². The van der Waals surface area contributed by atoms with E-state index >= 15 is 0 Å². The summed E-state index contributed by atoms with van der Waals surface area (Å²) in [5.41, 5.74) is 0.0387. The van der Waals surface area contributed by atoms with Gasteiger partial charge in [-0.1, -0.05) is 5.16 Å². The van der Waals surface area contributed by atoms with E-state index in [2.05, 4.69) is 5.16 Å². The van der Waals surface area contributed by atoms with Gasteiger partial charge in [-0.25, -0.2) is 0 Å². The zero-order valence-corrected chi connectivity index (χ0v) is 7.92. The molecule has 0 aromatic heterocycles.